The van der Waals surface area contributed by atoms with E-state index < -0.39 is 0 Å². The molecule has 0 unspecified atom stereocenters. The summed E-state index contributed by atoms with van der Waals surface area (Å²) in [4.78, 5) is 14.1. The molecule has 0 fully saturated rings. The minimum atomic E-state index is -0.338. The Kier molecular flexibility index (Phi) is 4.86. The molecule has 1 aliphatic heterocycles. The minimum absolute atomic E-state index is 0.167. The third-order valence-electron chi connectivity index (χ3n) is 4.04. The lowest BCUT2D eigenvalue weighted by atomic mass is 10.0. The van der Waals surface area contributed by atoms with E-state index in [1.165, 1.54) is 12.1 Å². The quantitative estimate of drug-likeness (QED) is 0.863. The van der Waals surface area contributed by atoms with E-state index in [9.17, 15) is 9.18 Å². The molecule has 5 heteroatoms. The predicted molar refractivity (Wildman–Crippen MR) is 94.3 cm³/mol. The molecule has 1 aliphatic rings. The monoisotopic (exact) mass is 344 g/mol. The molecule has 2 amide bonds. The van der Waals surface area contributed by atoms with Crippen molar-refractivity contribution in [2.75, 3.05) is 13.1 Å². The molecule has 0 aromatic heterocycles. The molecule has 2 aromatic rings. The van der Waals surface area contributed by atoms with Crippen LogP contribution in [0.25, 0.3) is 5.57 Å². The Morgan fingerprint density at radius 2 is 2.04 bits per heavy atom. The van der Waals surface area contributed by atoms with Crippen LogP contribution in [0.4, 0.5) is 9.18 Å². The molecule has 24 heavy (non-hydrogen) atoms. The Hall–Kier alpha value is -2.33. The van der Waals surface area contributed by atoms with Gasteiger partial charge in [-0.15, -0.1) is 0 Å². The summed E-state index contributed by atoms with van der Waals surface area (Å²) in [6.45, 7) is 2.75. The SMILES string of the molecule is CCNC(=O)N1CC(c2cc(Cl)ccc2F)=C[C@H]1c1ccccc1. The van der Waals surface area contributed by atoms with Gasteiger partial charge in [-0.1, -0.05) is 48.0 Å². The Balaban J connectivity index is 2.00. The van der Waals surface area contributed by atoms with E-state index >= 15 is 0 Å². The first-order valence-electron chi connectivity index (χ1n) is 7.85. The number of nitrogens with zero attached hydrogens (tertiary/aromatic N) is 1. The van der Waals surface area contributed by atoms with Crippen molar-refractivity contribution >= 4 is 23.2 Å². The molecular weight excluding hydrogens is 327 g/mol. The van der Waals surface area contributed by atoms with Gasteiger partial charge in [0, 0.05) is 23.7 Å². The zero-order chi connectivity index (χ0) is 17.1. The van der Waals surface area contributed by atoms with E-state index in [-0.39, 0.29) is 17.9 Å². The van der Waals surface area contributed by atoms with Crippen molar-refractivity contribution in [3.8, 4) is 0 Å². The van der Waals surface area contributed by atoms with Gasteiger partial charge in [0.15, 0.2) is 0 Å². The number of hydrogen-bond acceptors (Lipinski definition) is 1. The lowest BCUT2D eigenvalue weighted by Crippen LogP contribution is -2.40. The zero-order valence-electron chi connectivity index (χ0n) is 13.3. The number of carbonyl (C=O) groups is 1. The lowest BCUT2D eigenvalue weighted by molar-refractivity contribution is 0.198. The zero-order valence-corrected chi connectivity index (χ0v) is 14.1. The fourth-order valence-corrected chi connectivity index (χ4v) is 3.08. The minimum Gasteiger partial charge on any atom is -0.338 e. The normalized spacial score (nSPS) is 16.9. The average molecular weight is 345 g/mol. The first-order chi connectivity index (χ1) is 11.6. The highest BCUT2D eigenvalue weighted by Crippen LogP contribution is 2.36. The fourth-order valence-electron chi connectivity index (χ4n) is 2.91. The summed E-state index contributed by atoms with van der Waals surface area (Å²) in [6, 6.07) is 13.8. The number of halogens is 2. The smallest absolute Gasteiger partial charge is 0.318 e. The van der Waals surface area contributed by atoms with Gasteiger partial charge in [-0.25, -0.2) is 9.18 Å². The van der Waals surface area contributed by atoms with E-state index in [2.05, 4.69) is 5.32 Å². The molecule has 124 valence electrons. The predicted octanol–water partition coefficient (Wildman–Crippen LogP) is 4.65. The van der Waals surface area contributed by atoms with Gasteiger partial charge in [0.1, 0.15) is 5.82 Å². The van der Waals surface area contributed by atoms with E-state index in [0.29, 0.717) is 23.7 Å². The van der Waals surface area contributed by atoms with Crippen molar-refractivity contribution in [2.45, 2.75) is 13.0 Å². The molecule has 1 N–H and O–H groups in total. The van der Waals surface area contributed by atoms with Gasteiger partial charge in [-0.2, -0.15) is 0 Å². The Morgan fingerprint density at radius 3 is 2.75 bits per heavy atom. The summed E-state index contributed by atoms with van der Waals surface area (Å²) in [5.74, 6) is -0.338. The van der Waals surface area contributed by atoms with E-state index in [0.717, 1.165) is 11.1 Å². The van der Waals surface area contributed by atoms with Crippen LogP contribution < -0.4 is 5.32 Å². The van der Waals surface area contributed by atoms with Crippen LogP contribution in [0.1, 0.15) is 24.1 Å². The second-order valence-electron chi connectivity index (χ2n) is 5.63. The number of rotatable bonds is 3. The van der Waals surface area contributed by atoms with E-state index in [4.69, 9.17) is 11.6 Å². The number of amides is 2. The first-order valence-corrected chi connectivity index (χ1v) is 8.23. The second-order valence-corrected chi connectivity index (χ2v) is 6.07. The van der Waals surface area contributed by atoms with Crippen LogP contribution in [0.15, 0.2) is 54.6 Å². The van der Waals surface area contributed by atoms with Gasteiger partial charge < -0.3 is 10.2 Å². The number of urea groups is 1. The Labute approximate surface area is 145 Å². The Morgan fingerprint density at radius 1 is 1.29 bits per heavy atom. The standard InChI is InChI=1S/C19H18ClFN2O/c1-2-22-19(24)23-12-14(16-11-15(20)8-9-17(16)21)10-18(23)13-6-4-3-5-7-13/h3-11,18H,2,12H2,1H3,(H,22,24)/t18-/m0/s1. The summed E-state index contributed by atoms with van der Waals surface area (Å²) in [5.41, 5.74) is 2.19. The fraction of sp³-hybridized carbons (Fsp3) is 0.211. The molecule has 0 saturated heterocycles. The van der Waals surface area contributed by atoms with E-state index in [1.54, 1.807) is 11.0 Å². The second kappa shape index (κ2) is 7.05. The van der Waals surface area contributed by atoms with Crippen LogP contribution in [-0.2, 0) is 0 Å². The summed E-state index contributed by atoms with van der Waals surface area (Å²) >= 11 is 6.01. The molecule has 0 saturated carbocycles. The molecule has 1 heterocycles. The maximum atomic E-state index is 14.2. The maximum Gasteiger partial charge on any atom is 0.318 e. The Bertz CT molecular complexity index is 776. The third-order valence-corrected chi connectivity index (χ3v) is 4.27. The number of carbonyl (C=O) groups excluding carboxylic acids is 1. The van der Waals surface area contributed by atoms with Crippen LogP contribution in [-0.4, -0.2) is 24.0 Å². The molecular formula is C19H18ClFN2O. The highest BCUT2D eigenvalue weighted by Gasteiger charge is 2.31. The van der Waals surface area contributed by atoms with E-state index in [1.807, 2.05) is 43.3 Å². The van der Waals surface area contributed by atoms with Gasteiger partial charge in [-0.05, 0) is 36.3 Å². The first kappa shape index (κ1) is 16.5. The average Bonchev–Trinajstić information content (AvgIpc) is 3.03. The van der Waals surface area contributed by atoms with Gasteiger partial charge in [-0.3, -0.25) is 0 Å². The maximum absolute atomic E-state index is 14.2. The molecule has 0 bridgehead atoms. The molecule has 0 radical (unpaired) electrons. The van der Waals surface area contributed by atoms with Crippen LogP contribution in [0, 0.1) is 5.82 Å². The van der Waals surface area contributed by atoms with Gasteiger partial charge >= 0.3 is 6.03 Å². The van der Waals surface area contributed by atoms with Crippen molar-refractivity contribution in [3.05, 3.63) is 76.6 Å². The number of benzene rings is 2. The molecule has 3 rings (SSSR count). The molecule has 0 spiro atoms. The molecule has 0 aliphatic carbocycles. The van der Waals surface area contributed by atoms with Crippen LogP contribution in [0.3, 0.4) is 0 Å². The van der Waals surface area contributed by atoms with Gasteiger partial charge in [0.25, 0.3) is 0 Å². The topological polar surface area (TPSA) is 32.3 Å². The van der Waals surface area contributed by atoms with Crippen molar-refractivity contribution in [1.29, 1.82) is 0 Å². The molecule has 2 aromatic carbocycles. The number of nitrogens with one attached hydrogen (secondary N) is 1. The molecule has 1 atom stereocenters. The van der Waals surface area contributed by atoms with Crippen molar-refractivity contribution in [3.63, 3.8) is 0 Å². The highest BCUT2D eigenvalue weighted by atomic mass is 35.5. The van der Waals surface area contributed by atoms with Crippen LogP contribution >= 0.6 is 11.6 Å². The summed E-state index contributed by atoms with van der Waals surface area (Å²) < 4.78 is 14.2. The highest BCUT2D eigenvalue weighted by molar-refractivity contribution is 6.30. The third kappa shape index (κ3) is 3.29. The lowest BCUT2D eigenvalue weighted by Gasteiger charge is -2.25. The molecule has 3 nitrogen and oxygen atoms in total. The van der Waals surface area contributed by atoms with Gasteiger partial charge in [0.05, 0.1) is 6.04 Å². The summed E-state index contributed by atoms with van der Waals surface area (Å²) in [6.07, 6.45) is 1.93. The van der Waals surface area contributed by atoms with Crippen molar-refractivity contribution < 1.29 is 9.18 Å². The van der Waals surface area contributed by atoms with Crippen molar-refractivity contribution in [1.82, 2.24) is 10.2 Å². The van der Waals surface area contributed by atoms with Crippen LogP contribution in [0.2, 0.25) is 5.02 Å². The van der Waals surface area contributed by atoms with Gasteiger partial charge in [0.2, 0.25) is 0 Å². The summed E-state index contributed by atoms with van der Waals surface area (Å²) in [7, 11) is 0. The largest absolute Gasteiger partial charge is 0.338 e. The number of hydrogen-bond donors (Lipinski definition) is 1. The van der Waals surface area contributed by atoms with Crippen LogP contribution in [0.5, 0.6) is 0 Å². The summed E-state index contributed by atoms with van der Waals surface area (Å²) in [5, 5.41) is 3.29. The van der Waals surface area contributed by atoms with Crippen molar-refractivity contribution in [2.24, 2.45) is 0 Å².